The molecule has 1 N–H and O–H groups in total. The Morgan fingerprint density at radius 2 is 2.12 bits per heavy atom. The zero-order valence-corrected chi connectivity index (χ0v) is 15.1. The summed E-state index contributed by atoms with van der Waals surface area (Å²) in [7, 11) is 1.73. The standard InChI is InChI=1S/C20H29FN2O2/c1-25-14-4-11-23-12-7-18(8-13-23)22-19(24)20(9-3-10-20)16-5-2-6-17(21)15-16/h2,5-6,15,18H,3-4,7-14H2,1H3,(H,22,24). The van der Waals surface area contributed by atoms with E-state index in [4.69, 9.17) is 4.74 Å². The normalized spacial score (nSPS) is 20.9. The monoisotopic (exact) mass is 348 g/mol. The lowest BCUT2D eigenvalue weighted by atomic mass is 9.63. The molecule has 1 heterocycles. The summed E-state index contributed by atoms with van der Waals surface area (Å²) in [6.07, 6.45) is 5.68. The van der Waals surface area contributed by atoms with Gasteiger partial charge in [-0.1, -0.05) is 18.6 Å². The summed E-state index contributed by atoms with van der Waals surface area (Å²) in [6, 6.07) is 6.79. The molecule has 0 radical (unpaired) electrons. The highest BCUT2D eigenvalue weighted by Gasteiger charge is 2.46. The minimum absolute atomic E-state index is 0.0854. The van der Waals surface area contributed by atoms with Gasteiger partial charge in [-0.25, -0.2) is 4.39 Å². The maximum atomic E-state index is 13.6. The number of carbonyl (C=O) groups excluding carboxylic acids is 1. The number of rotatable bonds is 7. The maximum Gasteiger partial charge on any atom is 0.230 e. The van der Waals surface area contributed by atoms with Crippen LogP contribution in [-0.4, -0.2) is 50.2 Å². The van der Waals surface area contributed by atoms with Gasteiger partial charge in [-0.3, -0.25) is 4.79 Å². The number of halogens is 1. The van der Waals surface area contributed by atoms with Crippen LogP contribution in [0.4, 0.5) is 4.39 Å². The van der Waals surface area contributed by atoms with Crippen LogP contribution in [0.1, 0.15) is 44.1 Å². The number of nitrogens with zero attached hydrogens (tertiary/aromatic N) is 1. The molecule has 0 aromatic heterocycles. The molecule has 4 nitrogen and oxygen atoms in total. The summed E-state index contributed by atoms with van der Waals surface area (Å²) >= 11 is 0. The molecule has 1 amide bonds. The van der Waals surface area contributed by atoms with Crippen molar-refractivity contribution in [2.45, 2.75) is 50.0 Å². The molecule has 1 aliphatic carbocycles. The maximum absolute atomic E-state index is 13.6. The molecule has 3 rings (SSSR count). The van der Waals surface area contributed by atoms with Gasteiger partial charge < -0.3 is 15.0 Å². The summed E-state index contributed by atoms with van der Waals surface area (Å²) < 4.78 is 18.7. The minimum atomic E-state index is -0.516. The molecular formula is C20H29FN2O2. The first-order chi connectivity index (χ1) is 12.1. The molecule has 5 heteroatoms. The summed E-state index contributed by atoms with van der Waals surface area (Å²) in [4.78, 5) is 15.4. The summed E-state index contributed by atoms with van der Waals surface area (Å²) in [5, 5.41) is 3.25. The van der Waals surface area contributed by atoms with Crippen molar-refractivity contribution in [3.63, 3.8) is 0 Å². The number of hydrogen-bond acceptors (Lipinski definition) is 3. The zero-order valence-electron chi connectivity index (χ0n) is 15.1. The highest BCUT2D eigenvalue weighted by Crippen LogP contribution is 2.44. The second-order valence-electron chi connectivity index (χ2n) is 7.38. The fraction of sp³-hybridized carbons (Fsp3) is 0.650. The van der Waals surface area contributed by atoms with Crippen LogP contribution in [0.15, 0.2) is 24.3 Å². The molecule has 25 heavy (non-hydrogen) atoms. The lowest BCUT2D eigenvalue weighted by Crippen LogP contribution is -2.54. The highest BCUT2D eigenvalue weighted by atomic mass is 19.1. The molecule has 1 aromatic carbocycles. The average molecular weight is 348 g/mol. The van der Waals surface area contributed by atoms with Gasteiger partial charge in [-0.15, -0.1) is 0 Å². The topological polar surface area (TPSA) is 41.6 Å². The Balaban J connectivity index is 1.54. The van der Waals surface area contributed by atoms with E-state index in [1.54, 1.807) is 13.2 Å². The number of methoxy groups -OCH3 is 1. The van der Waals surface area contributed by atoms with Gasteiger partial charge in [0.05, 0.1) is 5.41 Å². The van der Waals surface area contributed by atoms with Gasteiger partial charge in [0, 0.05) is 39.4 Å². The second-order valence-corrected chi connectivity index (χ2v) is 7.38. The zero-order chi connectivity index (χ0) is 17.7. The molecule has 138 valence electrons. The molecule has 0 bridgehead atoms. The Bertz CT molecular complexity index is 581. The van der Waals surface area contributed by atoms with Crippen molar-refractivity contribution < 1.29 is 13.9 Å². The van der Waals surface area contributed by atoms with Gasteiger partial charge in [-0.05, 0) is 49.8 Å². The van der Waals surface area contributed by atoms with Crippen molar-refractivity contribution in [3.05, 3.63) is 35.6 Å². The van der Waals surface area contributed by atoms with Gasteiger partial charge in [0.15, 0.2) is 0 Å². The van der Waals surface area contributed by atoms with Crippen molar-refractivity contribution in [2.75, 3.05) is 33.4 Å². The first-order valence-electron chi connectivity index (χ1n) is 9.42. The third kappa shape index (κ3) is 4.21. The van der Waals surface area contributed by atoms with E-state index in [0.29, 0.717) is 0 Å². The molecule has 0 unspecified atom stereocenters. The van der Waals surface area contributed by atoms with Crippen LogP contribution in [-0.2, 0) is 14.9 Å². The Morgan fingerprint density at radius 3 is 2.72 bits per heavy atom. The summed E-state index contributed by atoms with van der Waals surface area (Å²) in [5.41, 5.74) is 0.311. The van der Waals surface area contributed by atoms with Gasteiger partial charge in [0.25, 0.3) is 0 Å². The van der Waals surface area contributed by atoms with E-state index < -0.39 is 5.41 Å². The number of ether oxygens (including phenoxy) is 1. The Hall–Kier alpha value is -1.46. The van der Waals surface area contributed by atoms with Crippen molar-refractivity contribution in [1.82, 2.24) is 10.2 Å². The molecule has 1 saturated heterocycles. The van der Waals surface area contributed by atoms with Crippen molar-refractivity contribution in [1.29, 1.82) is 0 Å². The van der Waals surface area contributed by atoms with Crippen LogP contribution in [0.3, 0.4) is 0 Å². The smallest absolute Gasteiger partial charge is 0.230 e. The predicted molar refractivity (Wildman–Crippen MR) is 96.0 cm³/mol. The fourth-order valence-corrected chi connectivity index (χ4v) is 4.02. The first kappa shape index (κ1) is 18.3. The Kier molecular flexibility index (Phi) is 6.07. The van der Waals surface area contributed by atoms with E-state index in [9.17, 15) is 9.18 Å². The van der Waals surface area contributed by atoms with Gasteiger partial charge in [-0.2, -0.15) is 0 Å². The first-order valence-corrected chi connectivity index (χ1v) is 9.42. The van der Waals surface area contributed by atoms with Crippen LogP contribution < -0.4 is 5.32 Å². The Labute approximate surface area is 149 Å². The number of hydrogen-bond donors (Lipinski definition) is 1. The van der Waals surface area contributed by atoms with Crippen molar-refractivity contribution in [2.24, 2.45) is 0 Å². The molecule has 0 spiro atoms. The lowest BCUT2D eigenvalue weighted by molar-refractivity contribution is -0.131. The van der Waals surface area contributed by atoms with Crippen molar-refractivity contribution >= 4 is 5.91 Å². The molecule has 2 aliphatic rings. The molecule has 1 aromatic rings. The number of benzene rings is 1. The van der Waals surface area contributed by atoms with Crippen LogP contribution in [0.5, 0.6) is 0 Å². The number of likely N-dealkylation sites (tertiary alicyclic amines) is 1. The molecular weight excluding hydrogens is 319 g/mol. The number of amides is 1. The molecule has 2 fully saturated rings. The molecule has 1 saturated carbocycles. The largest absolute Gasteiger partial charge is 0.385 e. The number of piperidine rings is 1. The van der Waals surface area contributed by atoms with E-state index in [0.717, 1.165) is 70.3 Å². The van der Waals surface area contributed by atoms with Crippen molar-refractivity contribution in [3.8, 4) is 0 Å². The van der Waals surface area contributed by atoms with Gasteiger partial charge in [0.1, 0.15) is 5.82 Å². The van der Waals surface area contributed by atoms with Crippen LogP contribution >= 0.6 is 0 Å². The van der Waals surface area contributed by atoms with Crippen LogP contribution in [0.25, 0.3) is 0 Å². The third-order valence-electron chi connectivity index (χ3n) is 5.76. The van der Waals surface area contributed by atoms with E-state index in [2.05, 4.69) is 10.2 Å². The molecule has 1 aliphatic heterocycles. The average Bonchev–Trinajstić information content (AvgIpc) is 2.56. The highest BCUT2D eigenvalue weighted by molar-refractivity contribution is 5.89. The van der Waals surface area contributed by atoms with E-state index in [1.807, 2.05) is 6.07 Å². The third-order valence-corrected chi connectivity index (χ3v) is 5.76. The Morgan fingerprint density at radius 1 is 1.36 bits per heavy atom. The predicted octanol–water partition coefficient (Wildman–Crippen LogP) is 2.86. The van der Waals surface area contributed by atoms with Gasteiger partial charge >= 0.3 is 0 Å². The summed E-state index contributed by atoms with van der Waals surface area (Å²) in [5.74, 6) is -0.178. The molecule has 0 atom stereocenters. The lowest BCUT2D eigenvalue weighted by Gasteiger charge is -2.42. The summed E-state index contributed by atoms with van der Waals surface area (Å²) in [6.45, 7) is 3.89. The minimum Gasteiger partial charge on any atom is -0.385 e. The number of nitrogens with one attached hydrogen (secondary N) is 1. The second kappa shape index (κ2) is 8.28. The van der Waals surface area contributed by atoms with Crippen LogP contribution in [0, 0.1) is 5.82 Å². The van der Waals surface area contributed by atoms with E-state index in [1.165, 1.54) is 12.1 Å². The number of carbonyl (C=O) groups is 1. The van der Waals surface area contributed by atoms with Gasteiger partial charge in [0.2, 0.25) is 5.91 Å². The SMILES string of the molecule is COCCCN1CCC(NC(=O)C2(c3cccc(F)c3)CCC2)CC1. The van der Waals surface area contributed by atoms with Crippen LogP contribution in [0.2, 0.25) is 0 Å². The van der Waals surface area contributed by atoms with E-state index in [-0.39, 0.29) is 17.8 Å². The quantitative estimate of drug-likeness (QED) is 0.771. The fourth-order valence-electron chi connectivity index (χ4n) is 4.02. The van der Waals surface area contributed by atoms with E-state index >= 15 is 0 Å².